The van der Waals surface area contributed by atoms with Gasteiger partial charge in [0.1, 0.15) is 0 Å². The summed E-state index contributed by atoms with van der Waals surface area (Å²) in [6.07, 6.45) is 1.80. The van der Waals surface area contributed by atoms with Crippen molar-refractivity contribution in [2.45, 2.75) is 53.0 Å². The number of carbonyl (C=O) groups excluding carboxylic acids is 2. The number of aryl methyl sites for hydroxylation is 1. The van der Waals surface area contributed by atoms with Crippen LogP contribution in [0.2, 0.25) is 0 Å². The van der Waals surface area contributed by atoms with Crippen LogP contribution >= 0.6 is 0 Å². The molecule has 0 bridgehead atoms. The highest BCUT2D eigenvalue weighted by molar-refractivity contribution is 6.05. The molecular formula is C20H31N2O3+. The molecule has 138 valence electrons. The third-order valence-electron chi connectivity index (χ3n) is 5.88. The second kappa shape index (κ2) is 7.56. The number of esters is 1. The second-order valence-electron chi connectivity index (χ2n) is 6.80. The van der Waals surface area contributed by atoms with Crippen LogP contribution in [0.4, 0.5) is 5.69 Å². The largest absolute Gasteiger partial charge is 0.462 e. The Morgan fingerprint density at radius 1 is 1.12 bits per heavy atom. The number of nitrogens with zero attached hydrogens (tertiary/aromatic N) is 1. The van der Waals surface area contributed by atoms with Crippen LogP contribution in [0.5, 0.6) is 0 Å². The van der Waals surface area contributed by atoms with Crippen molar-refractivity contribution in [2.24, 2.45) is 0 Å². The minimum Gasteiger partial charge on any atom is -0.462 e. The van der Waals surface area contributed by atoms with Crippen molar-refractivity contribution in [2.75, 3.05) is 31.6 Å². The van der Waals surface area contributed by atoms with Gasteiger partial charge in [0.05, 0.1) is 37.5 Å². The van der Waals surface area contributed by atoms with E-state index in [9.17, 15) is 9.59 Å². The van der Waals surface area contributed by atoms with Crippen LogP contribution in [0, 0.1) is 6.92 Å². The number of amides is 1. The van der Waals surface area contributed by atoms with E-state index in [0.29, 0.717) is 17.9 Å². The van der Waals surface area contributed by atoms with Crippen LogP contribution in [0.1, 0.15) is 56.5 Å². The maximum absolute atomic E-state index is 13.2. The Morgan fingerprint density at radius 3 is 2.20 bits per heavy atom. The fourth-order valence-electron chi connectivity index (χ4n) is 4.06. The Bertz CT molecular complexity index is 638. The summed E-state index contributed by atoms with van der Waals surface area (Å²) in [4.78, 5) is 25.5. The van der Waals surface area contributed by atoms with E-state index < -0.39 is 5.97 Å². The lowest BCUT2D eigenvalue weighted by atomic mass is 10.1. The summed E-state index contributed by atoms with van der Waals surface area (Å²) in [5, 5.41) is 3.07. The Balaban J connectivity index is 2.34. The van der Waals surface area contributed by atoms with Gasteiger partial charge in [0.25, 0.3) is 5.91 Å². The average molecular weight is 347 g/mol. The van der Waals surface area contributed by atoms with Crippen molar-refractivity contribution in [3.05, 3.63) is 29.3 Å². The van der Waals surface area contributed by atoms with Gasteiger partial charge in [0.2, 0.25) is 0 Å². The van der Waals surface area contributed by atoms with Crippen molar-refractivity contribution < 1.29 is 18.8 Å². The number of likely N-dealkylation sites (N-methyl/N-ethyl adjacent to an activating group) is 1. The van der Waals surface area contributed by atoms with Crippen LogP contribution in [0.3, 0.4) is 0 Å². The second-order valence-corrected chi connectivity index (χ2v) is 6.80. The lowest BCUT2D eigenvalue weighted by molar-refractivity contribution is -0.947. The molecule has 2 rings (SSSR count). The minimum atomic E-state index is -0.395. The van der Waals surface area contributed by atoms with Gasteiger partial charge in [-0.2, -0.15) is 0 Å². The molecule has 0 aromatic heterocycles. The Labute approximate surface area is 150 Å². The minimum absolute atomic E-state index is 0.0258. The molecule has 0 aliphatic heterocycles. The van der Waals surface area contributed by atoms with E-state index in [0.717, 1.165) is 42.5 Å². The fraction of sp³-hybridized carbons (Fsp3) is 0.600. The molecule has 0 spiro atoms. The smallest absolute Gasteiger partial charge is 0.340 e. The number of anilines is 1. The topological polar surface area (TPSA) is 55.4 Å². The molecule has 1 fully saturated rings. The van der Waals surface area contributed by atoms with Crippen LogP contribution < -0.4 is 5.32 Å². The van der Waals surface area contributed by atoms with Gasteiger partial charge in [0, 0.05) is 12.8 Å². The molecule has 1 N–H and O–H groups in total. The van der Waals surface area contributed by atoms with Gasteiger partial charge in [-0.25, -0.2) is 4.79 Å². The van der Waals surface area contributed by atoms with Crippen LogP contribution in [-0.4, -0.2) is 48.1 Å². The fourth-order valence-corrected chi connectivity index (χ4v) is 4.06. The third-order valence-corrected chi connectivity index (χ3v) is 5.88. The number of hydrogen-bond donors (Lipinski definition) is 1. The van der Waals surface area contributed by atoms with Crippen molar-refractivity contribution >= 4 is 17.6 Å². The van der Waals surface area contributed by atoms with E-state index in [1.54, 1.807) is 13.0 Å². The predicted octanol–water partition coefficient (Wildman–Crippen LogP) is 3.52. The van der Waals surface area contributed by atoms with Crippen LogP contribution in [-0.2, 0) is 9.53 Å². The van der Waals surface area contributed by atoms with E-state index in [1.807, 2.05) is 19.1 Å². The maximum atomic E-state index is 13.2. The molecule has 0 unspecified atom stereocenters. The van der Waals surface area contributed by atoms with Crippen molar-refractivity contribution in [1.82, 2.24) is 0 Å². The highest BCUT2D eigenvalue weighted by Crippen LogP contribution is 2.48. The van der Waals surface area contributed by atoms with Crippen LogP contribution in [0.15, 0.2) is 18.2 Å². The molecule has 5 nitrogen and oxygen atoms in total. The molecule has 0 saturated heterocycles. The molecule has 0 heterocycles. The Hall–Kier alpha value is -1.88. The molecule has 0 radical (unpaired) electrons. The molecule has 1 aromatic carbocycles. The summed E-state index contributed by atoms with van der Waals surface area (Å²) in [5.74, 6) is -0.369. The van der Waals surface area contributed by atoms with Crippen molar-refractivity contribution in [3.8, 4) is 0 Å². The van der Waals surface area contributed by atoms with Gasteiger partial charge in [-0.3, -0.25) is 4.79 Å². The van der Waals surface area contributed by atoms with Crippen LogP contribution in [0.25, 0.3) is 0 Å². The highest BCUT2D eigenvalue weighted by atomic mass is 16.5. The molecule has 0 atom stereocenters. The van der Waals surface area contributed by atoms with Gasteiger partial charge in [-0.1, -0.05) is 12.1 Å². The molecule has 1 aliphatic rings. The number of benzene rings is 1. The molecule has 1 aromatic rings. The van der Waals surface area contributed by atoms with Crippen molar-refractivity contribution in [1.29, 1.82) is 0 Å². The van der Waals surface area contributed by atoms with Gasteiger partial charge in [-0.05, 0) is 46.2 Å². The number of carbonyl (C=O) groups is 2. The summed E-state index contributed by atoms with van der Waals surface area (Å²) in [6.45, 7) is 13.2. The van der Waals surface area contributed by atoms with E-state index >= 15 is 0 Å². The zero-order valence-electron chi connectivity index (χ0n) is 16.1. The lowest BCUT2D eigenvalue weighted by Crippen LogP contribution is -2.61. The number of nitrogens with one attached hydrogen (secondary N) is 1. The molecule has 1 saturated carbocycles. The van der Waals surface area contributed by atoms with E-state index in [-0.39, 0.29) is 11.4 Å². The first kappa shape index (κ1) is 19.4. The highest BCUT2D eigenvalue weighted by Gasteiger charge is 2.64. The molecule has 5 heteroatoms. The first-order chi connectivity index (χ1) is 11.9. The normalized spacial score (nSPS) is 15.6. The molecule has 1 amide bonds. The van der Waals surface area contributed by atoms with Gasteiger partial charge >= 0.3 is 5.97 Å². The number of rotatable bonds is 8. The van der Waals surface area contributed by atoms with E-state index in [1.165, 1.54) is 0 Å². The van der Waals surface area contributed by atoms with Gasteiger partial charge < -0.3 is 14.5 Å². The molecule has 25 heavy (non-hydrogen) atoms. The number of ether oxygens (including phenoxy) is 1. The summed E-state index contributed by atoms with van der Waals surface area (Å²) >= 11 is 0. The zero-order chi connectivity index (χ0) is 18.7. The number of para-hydroxylation sites is 1. The standard InChI is InChI=1S/C20H30N2O3/c1-6-22(7-2,8-3)20(13-14-20)19(24)21-17-15(5)11-10-12-16(17)18(23)25-9-4/h10-12H,6-9,13-14H2,1-5H3/p+1. The van der Waals surface area contributed by atoms with E-state index in [4.69, 9.17) is 4.74 Å². The quantitative estimate of drug-likeness (QED) is 0.578. The SMILES string of the molecule is CCOC(=O)c1cccc(C)c1NC(=O)C1([N+](CC)(CC)CC)CC1. The molecule has 1 aliphatic carbocycles. The number of hydrogen-bond acceptors (Lipinski definition) is 3. The summed E-state index contributed by atoms with van der Waals surface area (Å²) in [5.41, 5.74) is 1.51. The summed E-state index contributed by atoms with van der Waals surface area (Å²) < 4.78 is 5.93. The zero-order valence-corrected chi connectivity index (χ0v) is 16.1. The van der Waals surface area contributed by atoms with Gasteiger partial charge in [-0.15, -0.1) is 0 Å². The molecular weight excluding hydrogens is 316 g/mol. The van der Waals surface area contributed by atoms with Gasteiger partial charge in [0.15, 0.2) is 5.54 Å². The predicted molar refractivity (Wildman–Crippen MR) is 99.6 cm³/mol. The first-order valence-corrected chi connectivity index (χ1v) is 9.35. The first-order valence-electron chi connectivity index (χ1n) is 9.35. The lowest BCUT2D eigenvalue weighted by Gasteiger charge is -2.43. The summed E-state index contributed by atoms with van der Waals surface area (Å²) in [7, 11) is 0. The number of quaternary nitrogens is 1. The Morgan fingerprint density at radius 2 is 1.72 bits per heavy atom. The maximum Gasteiger partial charge on any atom is 0.340 e. The average Bonchev–Trinajstić information content (AvgIpc) is 3.41. The van der Waals surface area contributed by atoms with Crippen molar-refractivity contribution in [3.63, 3.8) is 0 Å². The third kappa shape index (κ3) is 3.30. The monoisotopic (exact) mass is 347 g/mol. The Kier molecular flexibility index (Phi) is 5.88. The van der Waals surface area contributed by atoms with E-state index in [2.05, 4.69) is 26.1 Å². The summed E-state index contributed by atoms with van der Waals surface area (Å²) in [6, 6.07) is 5.43.